The van der Waals surface area contributed by atoms with E-state index in [4.69, 9.17) is 9.47 Å². The topological polar surface area (TPSA) is 94.2 Å². The highest BCUT2D eigenvalue weighted by Gasteiger charge is 2.33. The normalized spacial score (nSPS) is 19.9. The summed E-state index contributed by atoms with van der Waals surface area (Å²) in [4.78, 5) is 36.2. The molecular formula is C16H18N2O6. The second kappa shape index (κ2) is 6.77. The molecule has 24 heavy (non-hydrogen) atoms. The molecule has 1 aromatic rings. The van der Waals surface area contributed by atoms with Crippen molar-refractivity contribution in [3.05, 3.63) is 29.3 Å². The van der Waals surface area contributed by atoms with E-state index in [1.807, 2.05) is 12.1 Å². The minimum Gasteiger partial charge on any atom is -0.465 e. The van der Waals surface area contributed by atoms with Crippen LogP contribution in [0.5, 0.6) is 0 Å². The average Bonchev–Trinajstić information content (AvgIpc) is 2.83. The summed E-state index contributed by atoms with van der Waals surface area (Å²) in [6.07, 6.45) is -0.622. The highest BCUT2D eigenvalue weighted by molar-refractivity contribution is 5.90. The predicted octanol–water partition coefficient (Wildman–Crippen LogP) is 1.01. The molecule has 0 spiro atoms. The number of rotatable bonds is 3. The molecule has 0 radical (unpaired) electrons. The highest BCUT2D eigenvalue weighted by Crippen LogP contribution is 2.26. The zero-order valence-corrected chi connectivity index (χ0v) is 13.2. The van der Waals surface area contributed by atoms with E-state index in [9.17, 15) is 14.4 Å². The summed E-state index contributed by atoms with van der Waals surface area (Å²) in [5.41, 5.74) is 2.61. The van der Waals surface area contributed by atoms with Crippen molar-refractivity contribution in [3.8, 4) is 0 Å². The van der Waals surface area contributed by atoms with E-state index < -0.39 is 18.3 Å². The van der Waals surface area contributed by atoms with Gasteiger partial charge in [0.15, 0.2) is 0 Å². The molecule has 1 fully saturated rings. The van der Waals surface area contributed by atoms with Gasteiger partial charge in [-0.3, -0.25) is 9.69 Å². The van der Waals surface area contributed by atoms with Crippen LogP contribution in [0, 0.1) is 0 Å². The van der Waals surface area contributed by atoms with E-state index >= 15 is 0 Å². The summed E-state index contributed by atoms with van der Waals surface area (Å²) >= 11 is 0. The van der Waals surface area contributed by atoms with E-state index in [0.29, 0.717) is 25.3 Å². The zero-order valence-electron chi connectivity index (χ0n) is 13.2. The van der Waals surface area contributed by atoms with Crippen molar-refractivity contribution < 1.29 is 28.6 Å². The summed E-state index contributed by atoms with van der Waals surface area (Å²) in [5.74, 6) is -0.240. The fourth-order valence-corrected chi connectivity index (χ4v) is 2.77. The van der Waals surface area contributed by atoms with Gasteiger partial charge in [-0.1, -0.05) is 6.07 Å². The second-order valence-corrected chi connectivity index (χ2v) is 5.59. The number of cyclic esters (lactones) is 2. The average molecular weight is 334 g/mol. The maximum atomic E-state index is 12.1. The summed E-state index contributed by atoms with van der Waals surface area (Å²) < 4.78 is 14.8. The van der Waals surface area contributed by atoms with E-state index in [0.717, 1.165) is 11.1 Å². The maximum Gasteiger partial charge on any atom is 0.414 e. The van der Waals surface area contributed by atoms with E-state index in [2.05, 4.69) is 10.1 Å². The second-order valence-electron chi connectivity index (χ2n) is 5.59. The molecule has 0 saturated carbocycles. The lowest BCUT2D eigenvalue weighted by atomic mass is 10.0. The van der Waals surface area contributed by atoms with Gasteiger partial charge >= 0.3 is 18.2 Å². The number of benzene rings is 1. The van der Waals surface area contributed by atoms with Crippen LogP contribution < -0.4 is 10.2 Å². The van der Waals surface area contributed by atoms with E-state index in [-0.39, 0.29) is 18.9 Å². The smallest absolute Gasteiger partial charge is 0.414 e. The molecule has 128 valence electrons. The molecule has 0 unspecified atom stereocenters. The molecule has 1 atom stereocenters. The lowest BCUT2D eigenvalue weighted by molar-refractivity contribution is -0.142. The Kier molecular flexibility index (Phi) is 4.54. The van der Waals surface area contributed by atoms with Crippen molar-refractivity contribution in [2.75, 3.05) is 31.7 Å². The Morgan fingerprint density at radius 2 is 2.21 bits per heavy atom. The van der Waals surface area contributed by atoms with Crippen LogP contribution in [0.4, 0.5) is 15.3 Å². The number of ether oxygens (including phenoxy) is 3. The Morgan fingerprint density at radius 1 is 1.38 bits per heavy atom. The molecule has 0 aromatic heterocycles. The molecule has 0 bridgehead atoms. The number of esters is 1. The SMILES string of the molecule is COC(=O)NC[C@H]1CN(c2ccc3c(c2)CCOC(=O)C3)C(=O)O1. The molecule has 2 heterocycles. The van der Waals surface area contributed by atoms with Gasteiger partial charge in [0.25, 0.3) is 0 Å². The first-order valence-corrected chi connectivity index (χ1v) is 7.64. The number of nitrogens with one attached hydrogen (secondary N) is 1. The number of amides is 2. The molecule has 2 aliphatic rings. The standard InChI is InChI=1S/C16H18N2O6/c1-22-15(20)17-8-13-9-18(16(21)24-13)12-3-2-10-7-14(19)23-5-4-11(10)6-12/h2-3,6,13H,4-5,7-9H2,1H3,(H,17,20)/t13-/m0/s1. The third-order valence-corrected chi connectivity index (χ3v) is 4.00. The molecule has 1 saturated heterocycles. The first kappa shape index (κ1) is 16.1. The first-order valence-electron chi connectivity index (χ1n) is 7.64. The summed E-state index contributed by atoms with van der Waals surface area (Å²) in [7, 11) is 1.27. The molecule has 8 heteroatoms. The lowest BCUT2D eigenvalue weighted by Gasteiger charge is -2.15. The summed E-state index contributed by atoms with van der Waals surface area (Å²) in [6, 6.07) is 5.51. The molecule has 8 nitrogen and oxygen atoms in total. The van der Waals surface area contributed by atoms with Gasteiger partial charge < -0.3 is 19.5 Å². The number of nitrogens with zero attached hydrogens (tertiary/aromatic N) is 1. The number of methoxy groups -OCH3 is 1. The highest BCUT2D eigenvalue weighted by atomic mass is 16.6. The van der Waals surface area contributed by atoms with Crippen molar-refractivity contribution in [2.45, 2.75) is 18.9 Å². The monoisotopic (exact) mass is 334 g/mol. The maximum absolute atomic E-state index is 12.1. The van der Waals surface area contributed by atoms with Gasteiger partial charge in [0.1, 0.15) is 6.10 Å². The van der Waals surface area contributed by atoms with Gasteiger partial charge in [-0.15, -0.1) is 0 Å². The van der Waals surface area contributed by atoms with Crippen LogP contribution >= 0.6 is 0 Å². The van der Waals surface area contributed by atoms with E-state index in [1.54, 1.807) is 6.07 Å². The van der Waals surface area contributed by atoms with Crippen LogP contribution in [-0.4, -0.2) is 51.1 Å². The van der Waals surface area contributed by atoms with Crippen LogP contribution in [0.25, 0.3) is 0 Å². The number of alkyl carbamates (subject to hydrolysis) is 1. The minimum absolute atomic E-state index is 0.183. The van der Waals surface area contributed by atoms with Gasteiger partial charge in [-0.25, -0.2) is 9.59 Å². The van der Waals surface area contributed by atoms with Crippen LogP contribution in [0.3, 0.4) is 0 Å². The molecule has 0 aliphatic carbocycles. The van der Waals surface area contributed by atoms with E-state index in [1.165, 1.54) is 12.0 Å². The van der Waals surface area contributed by atoms with Gasteiger partial charge in [0.05, 0.1) is 33.2 Å². The number of fused-ring (bicyclic) bond motifs is 1. The molecule has 1 aromatic carbocycles. The minimum atomic E-state index is -0.570. The van der Waals surface area contributed by atoms with Crippen molar-refractivity contribution in [2.24, 2.45) is 0 Å². The van der Waals surface area contributed by atoms with Gasteiger partial charge in [-0.2, -0.15) is 0 Å². The third kappa shape index (κ3) is 3.42. The fourth-order valence-electron chi connectivity index (χ4n) is 2.77. The van der Waals surface area contributed by atoms with Crippen LogP contribution in [-0.2, 0) is 31.8 Å². The Labute approximate surface area is 138 Å². The molecule has 2 aliphatic heterocycles. The number of carbonyl (C=O) groups excluding carboxylic acids is 3. The molecule has 1 N–H and O–H groups in total. The van der Waals surface area contributed by atoms with Crippen LogP contribution in [0.15, 0.2) is 18.2 Å². The number of carbonyl (C=O) groups is 3. The summed E-state index contributed by atoms with van der Waals surface area (Å²) in [5, 5.41) is 2.51. The zero-order chi connectivity index (χ0) is 17.1. The Morgan fingerprint density at radius 3 is 3.00 bits per heavy atom. The Balaban J connectivity index is 1.70. The molecular weight excluding hydrogens is 316 g/mol. The quantitative estimate of drug-likeness (QED) is 0.655. The summed E-state index contributed by atoms with van der Waals surface area (Å²) in [6.45, 7) is 0.852. The third-order valence-electron chi connectivity index (χ3n) is 4.00. The predicted molar refractivity (Wildman–Crippen MR) is 82.8 cm³/mol. The lowest BCUT2D eigenvalue weighted by Crippen LogP contribution is -2.34. The van der Waals surface area contributed by atoms with Gasteiger partial charge in [-0.05, 0) is 23.3 Å². The fraction of sp³-hybridized carbons (Fsp3) is 0.438. The molecule has 3 rings (SSSR count). The first-order chi connectivity index (χ1) is 11.6. The Bertz CT molecular complexity index is 675. The Hall–Kier alpha value is -2.77. The van der Waals surface area contributed by atoms with Gasteiger partial charge in [0, 0.05) is 12.1 Å². The number of hydrogen-bond donors (Lipinski definition) is 1. The number of hydrogen-bond acceptors (Lipinski definition) is 6. The largest absolute Gasteiger partial charge is 0.465 e. The van der Waals surface area contributed by atoms with Crippen molar-refractivity contribution >= 4 is 23.8 Å². The van der Waals surface area contributed by atoms with Crippen LogP contribution in [0.2, 0.25) is 0 Å². The van der Waals surface area contributed by atoms with Crippen molar-refractivity contribution in [1.29, 1.82) is 0 Å². The molecule has 2 amide bonds. The van der Waals surface area contributed by atoms with Crippen molar-refractivity contribution in [1.82, 2.24) is 5.32 Å². The van der Waals surface area contributed by atoms with Gasteiger partial charge in [0.2, 0.25) is 0 Å². The van der Waals surface area contributed by atoms with Crippen LogP contribution in [0.1, 0.15) is 11.1 Å². The van der Waals surface area contributed by atoms with Crippen molar-refractivity contribution in [3.63, 3.8) is 0 Å². The number of anilines is 1.